The zero-order valence-electron chi connectivity index (χ0n) is 15.5. The van der Waals surface area contributed by atoms with Crippen LogP contribution < -0.4 is 10.9 Å². The Morgan fingerprint density at radius 3 is 2.81 bits per heavy atom. The summed E-state index contributed by atoms with van der Waals surface area (Å²) in [7, 11) is 0. The van der Waals surface area contributed by atoms with Crippen molar-refractivity contribution in [3.63, 3.8) is 0 Å². The van der Waals surface area contributed by atoms with Crippen LogP contribution in [0.2, 0.25) is 0 Å². The molecule has 27 heavy (non-hydrogen) atoms. The zero-order chi connectivity index (χ0) is 18.4. The number of rotatable bonds is 2. The normalized spacial score (nSPS) is 22.2. The van der Waals surface area contributed by atoms with Gasteiger partial charge in [0.05, 0.1) is 0 Å². The van der Waals surface area contributed by atoms with E-state index in [4.69, 9.17) is 0 Å². The number of benzene rings is 2. The molecule has 2 aromatic carbocycles. The Hall–Kier alpha value is -2.63. The predicted octanol–water partition coefficient (Wildman–Crippen LogP) is 2.97. The van der Waals surface area contributed by atoms with Gasteiger partial charge in [0.25, 0.3) is 0 Å². The third-order valence-corrected chi connectivity index (χ3v) is 5.85. The molecule has 3 N–H and O–H groups in total. The largest absolute Gasteiger partial charge is 0.358 e. The van der Waals surface area contributed by atoms with E-state index in [1.165, 1.54) is 33.3 Å². The quantitative estimate of drug-likeness (QED) is 0.658. The Morgan fingerprint density at radius 1 is 1.11 bits per heavy atom. The van der Waals surface area contributed by atoms with Crippen molar-refractivity contribution in [3.05, 3.63) is 70.9 Å². The van der Waals surface area contributed by atoms with E-state index >= 15 is 0 Å². The molecule has 0 spiro atoms. The molecule has 2 unspecified atom stereocenters. The summed E-state index contributed by atoms with van der Waals surface area (Å²) in [6.45, 7) is 3.57. The van der Waals surface area contributed by atoms with Crippen molar-refractivity contribution < 1.29 is 4.79 Å². The van der Waals surface area contributed by atoms with E-state index < -0.39 is 0 Å². The van der Waals surface area contributed by atoms with Gasteiger partial charge in [-0.25, -0.2) is 10.9 Å². The third-order valence-electron chi connectivity index (χ3n) is 5.85. The average Bonchev–Trinajstić information content (AvgIpc) is 3.33. The number of hydrogen-bond acceptors (Lipinski definition) is 3. The zero-order valence-corrected chi connectivity index (χ0v) is 15.5. The van der Waals surface area contributed by atoms with Crippen molar-refractivity contribution in [1.29, 1.82) is 0 Å². The molecule has 138 valence electrons. The molecule has 3 heterocycles. The van der Waals surface area contributed by atoms with Gasteiger partial charge in [-0.1, -0.05) is 42.0 Å². The highest BCUT2D eigenvalue weighted by Gasteiger charge is 2.34. The number of amides is 1. The van der Waals surface area contributed by atoms with E-state index in [2.05, 4.69) is 53.1 Å². The van der Waals surface area contributed by atoms with E-state index in [0.29, 0.717) is 6.54 Å². The van der Waals surface area contributed by atoms with E-state index in [-0.39, 0.29) is 18.0 Å². The molecule has 1 aromatic heterocycles. The minimum absolute atomic E-state index is 0.177. The number of fused-ring (bicyclic) bond motifs is 3. The summed E-state index contributed by atoms with van der Waals surface area (Å²) >= 11 is 0. The van der Waals surface area contributed by atoms with Gasteiger partial charge in [-0.15, -0.1) is 0 Å². The van der Waals surface area contributed by atoms with Crippen LogP contribution in [-0.2, 0) is 17.8 Å². The van der Waals surface area contributed by atoms with Gasteiger partial charge < -0.3 is 9.88 Å². The monoisotopic (exact) mass is 360 g/mol. The standard InChI is InChI=1S/C22H24N4O/c1-14-7-8-18-16(11-14)17-13-26(10-9-19(17)23-18)22(27)21-12-20(24-25-21)15-5-3-2-4-6-15/h2-8,11,20-21,23-25H,9-10,12-13H2,1H3. The van der Waals surface area contributed by atoms with Crippen LogP contribution in [0.1, 0.15) is 34.8 Å². The van der Waals surface area contributed by atoms with Crippen molar-refractivity contribution in [2.75, 3.05) is 6.54 Å². The molecule has 2 aliphatic heterocycles. The molecule has 1 fully saturated rings. The Kier molecular flexibility index (Phi) is 3.99. The summed E-state index contributed by atoms with van der Waals surface area (Å²) in [4.78, 5) is 18.7. The summed E-state index contributed by atoms with van der Waals surface area (Å²) < 4.78 is 0. The first-order chi connectivity index (χ1) is 13.2. The van der Waals surface area contributed by atoms with Crippen LogP contribution in [0.4, 0.5) is 0 Å². The molecule has 5 rings (SSSR count). The summed E-state index contributed by atoms with van der Waals surface area (Å²) in [5.41, 5.74) is 12.7. The fraction of sp³-hybridized carbons (Fsp3) is 0.318. The molecule has 1 saturated heterocycles. The van der Waals surface area contributed by atoms with Crippen LogP contribution in [0.25, 0.3) is 10.9 Å². The second-order valence-electron chi connectivity index (χ2n) is 7.68. The van der Waals surface area contributed by atoms with Crippen LogP contribution >= 0.6 is 0 Å². The van der Waals surface area contributed by atoms with Gasteiger partial charge in [-0.3, -0.25) is 4.79 Å². The molecule has 0 radical (unpaired) electrons. The second-order valence-corrected chi connectivity index (χ2v) is 7.68. The highest BCUT2D eigenvalue weighted by molar-refractivity contribution is 5.87. The van der Waals surface area contributed by atoms with Crippen molar-refractivity contribution in [3.8, 4) is 0 Å². The van der Waals surface area contributed by atoms with Crippen LogP contribution in [0, 0.1) is 6.92 Å². The molecule has 0 bridgehead atoms. The van der Waals surface area contributed by atoms with Crippen LogP contribution in [0.5, 0.6) is 0 Å². The average molecular weight is 360 g/mol. The molecule has 2 atom stereocenters. The lowest BCUT2D eigenvalue weighted by molar-refractivity contribution is -0.134. The highest BCUT2D eigenvalue weighted by atomic mass is 16.2. The summed E-state index contributed by atoms with van der Waals surface area (Å²) in [5, 5.41) is 1.25. The van der Waals surface area contributed by atoms with Crippen molar-refractivity contribution in [2.45, 2.75) is 38.4 Å². The predicted molar refractivity (Wildman–Crippen MR) is 106 cm³/mol. The van der Waals surface area contributed by atoms with Gasteiger partial charge in [-0.05, 0) is 31.0 Å². The fourth-order valence-electron chi connectivity index (χ4n) is 4.36. The molecule has 2 aliphatic rings. The number of aromatic amines is 1. The van der Waals surface area contributed by atoms with Crippen LogP contribution in [-0.4, -0.2) is 28.4 Å². The first kappa shape index (κ1) is 16.5. The van der Waals surface area contributed by atoms with E-state index in [0.717, 1.165) is 19.4 Å². The number of carbonyl (C=O) groups excluding carboxylic acids is 1. The SMILES string of the molecule is Cc1ccc2[nH]c3c(c2c1)CN(C(=O)C1CC(c2ccccc2)NN1)CC3. The van der Waals surface area contributed by atoms with Gasteiger partial charge in [0.1, 0.15) is 6.04 Å². The molecular weight excluding hydrogens is 336 g/mol. The van der Waals surface area contributed by atoms with Crippen molar-refractivity contribution in [1.82, 2.24) is 20.7 Å². The van der Waals surface area contributed by atoms with Gasteiger partial charge in [0.2, 0.25) is 5.91 Å². The smallest absolute Gasteiger partial charge is 0.241 e. The maximum atomic E-state index is 13.1. The number of carbonyl (C=O) groups is 1. The molecule has 0 aliphatic carbocycles. The van der Waals surface area contributed by atoms with Crippen molar-refractivity contribution in [2.24, 2.45) is 0 Å². The number of nitrogens with zero attached hydrogens (tertiary/aromatic N) is 1. The minimum Gasteiger partial charge on any atom is -0.358 e. The summed E-state index contributed by atoms with van der Waals surface area (Å²) in [6, 6.07) is 16.8. The molecule has 1 amide bonds. The minimum atomic E-state index is -0.177. The number of hydrogen-bond donors (Lipinski definition) is 3. The van der Waals surface area contributed by atoms with Crippen molar-refractivity contribution >= 4 is 16.8 Å². The van der Waals surface area contributed by atoms with Gasteiger partial charge in [-0.2, -0.15) is 0 Å². The van der Waals surface area contributed by atoms with E-state index in [9.17, 15) is 4.79 Å². The molecule has 5 nitrogen and oxygen atoms in total. The first-order valence-corrected chi connectivity index (χ1v) is 9.64. The van der Waals surface area contributed by atoms with Crippen LogP contribution in [0.3, 0.4) is 0 Å². The molecule has 5 heteroatoms. The topological polar surface area (TPSA) is 60.2 Å². The Bertz CT molecular complexity index is 994. The first-order valence-electron chi connectivity index (χ1n) is 9.64. The highest BCUT2D eigenvalue weighted by Crippen LogP contribution is 2.30. The number of nitrogens with one attached hydrogen (secondary N) is 3. The number of aryl methyl sites for hydroxylation is 1. The Labute approximate surface area is 158 Å². The summed E-state index contributed by atoms with van der Waals surface area (Å²) in [5.74, 6) is 0.189. The van der Waals surface area contributed by atoms with E-state index in [1.54, 1.807) is 0 Å². The van der Waals surface area contributed by atoms with Gasteiger partial charge in [0, 0.05) is 47.7 Å². The molecule has 3 aromatic rings. The number of hydrazine groups is 1. The lowest BCUT2D eigenvalue weighted by Crippen LogP contribution is -2.47. The maximum Gasteiger partial charge on any atom is 0.241 e. The Balaban J connectivity index is 1.34. The summed E-state index contributed by atoms with van der Waals surface area (Å²) in [6.07, 6.45) is 1.66. The lowest BCUT2D eigenvalue weighted by Gasteiger charge is -2.29. The van der Waals surface area contributed by atoms with Gasteiger partial charge >= 0.3 is 0 Å². The lowest BCUT2D eigenvalue weighted by atomic mass is 9.99. The number of H-pyrrole nitrogens is 1. The van der Waals surface area contributed by atoms with Crippen LogP contribution in [0.15, 0.2) is 48.5 Å². The molecule has 0 saturated carbocycles. The fourth-order valence-corrected chi connectivity index (χ4v) is 4.36. The Morgan fingerprint density at radius 2 is 1.96 bits per heavy atom. The number of aromatic nitrogens is 1. The van der Waals surface area contributed by atoms with Gasteiger partial charge in [0.15, 0.2) is 0 Å². The second kappa shape index (κ2) is 6.51. The maximum absolute atomic E-state index is 13.1. The third kappa shape index (κ3) is 2.93. The molecular formula is C22H24N4O. The van der Waals surface area contributed by atoms with E-state index in [1.807, 2.05) is 23.1 Å².